The van der Waals surface area contributed by atoms with Gasteiger partial charge in [-0.1, -0.05) is 0 Å². The van der Waals surface area contributed by atoms with Crippen LogP contribution in [0.2, 0.25) is 0 Å². The Morgan fingerprint density at radius 2 is 1.78 bits per heavy atom. The topological polar surface area (TPSA) is 115 Å². The molecule has 0 unspecified atom stereocenters. The monoisotopic (exact) mass is 575 g/mol. The molecule has 0 saturated carbocycles. The van der Waals surface area contributed by atoms with Crippen LogP contribution in [0, 0.1) is 13.8 Å². The third kappa shape index (κ3) is 4.58. The van der Waals surface area contributed by atoms with Gasteiger partial charge in [-0.25, -0.2) is 8.42 Å². The molecule has 2 N–H and O–H groups in total. The average Bonchev–Trinajstić information content (AvgIpc) is 3.61. The van der Waals surface area contributed by atoms with E-state index >= 15 is 0 Å². The molecular weight excluding hydrogens is 542 g/mol. The fourth-order valence-corrected chi connectivity index (χ4v) is 7.40. The van der Waals surface area contributed by atoms with E-state index in [1.165, 1.54) is 10.4 Å². The van der Waals surface area contributed by atoms with E-state index in [1.807, 2.05) is 31.9 Å². The number of sulfonamides is 1. The number of H-pyrrole nitrogens is 1. The van der Waals surface area contributed by atoms with Crippen molar-refractivity contribution in [3.63, 3.8) is 0 Å². The minimum Gasteiger partial charge on any atom is -0.497 e. The first-order valence-electron chi connectivity index (χ1n) is 13.6. The second-order valence-electron chi connectivity index (χ2n) is 10.8. The van der Waals surface area contributed by atoms with Gasteiger partial charge in [-0.15, -0.1) is 0 Å². The molecule has 2 aromatic carbocycles. The predicted octanol–water partition coefficient (Wildman–Crippen LogP) is 3.27. The smallest absolute Gasteiger partial charge is 0.264 e. The van der Waals surface area contributed by atoms with Gasteiger partial charge in [-0.2, -0.15) is 0 Å². The number of hydrogen-bond donors (Lipinski definition) is 2. The molecule has 0 spiro atoms. The van der Waals surface area contributed by atoms with Gasteiger partial charge in [-0.3, -0.25) is 13.9 Å². The predicted molar refractivity (Wildman–Crippen MR) is 158 cm³/mol. The third-order valence-electron chi connectivity index (χ3n) is 8.27. The number of piperazine rings is 1. The highest BCUT2D eigenvalue weighted by Gasteiger charge is 2.34. The maximum absolute atomic E-state index is 13.8. The first kappa shape index (κ1) is 27.1. The van der Waals surface area contributed by atoms with Crippen molar-refractivity contribution >= 4 is 44.9 Å². The Labute approximate surface area is 239 Å². The van der Waals surface area contributed by atoms with E-state index in [4.69, 9.17) is 4.74 Å². The summed E-state index contributed by atoms with van der Waals surface area (Å²) in [7, 11) is -0.256. The molecule has 0 aliphatic carbocycles. The van der Waals surface area contributed by atoms with Gasteiger partial charge in [0, 0.05) is 55.4 Å². The molecule has 4 heterocycles. The number of hydrogen-bond acceptors (Lipinski definition) is 6. The molecule has 214 valence electrons. The van der Waals surface area contributed by atoms with Crippen LogP contribution in [0.5, 0.6) is 5.75 Å². The summed E-state index contributed by atoms with van der Waals surface area (Å²) < 4.78 is 34.2. The Hall–Kier alpha value is -4.09. The number of fused-ring (bicyclic) bond motifs is 2. The molecule has 10 nitrogen and oxygen atoms in total. The van der Waals surface area contributed by atoms with Crippen LogP contribution in [0.15, 0.2) is 41.3 Å². The van der Waals surface area contributed by atoms with Gasteiger partial charge in [0.05, 0.1) is 28.8 Å². The Kier molecular flexibility index (Phi) is 6.66. The molecular formula is C30H33N5O5S. The lowest BCUT2D eigenvalue weighted by Crippen LogP contribution is -2.47. The number of methoxy groups -OCH3 is 1. The summed E-state index contributed by atoms with van der Waals surface area (Å²) in [6.45, 7) is 7.03. The number of nitrogens with one attached hydrogen (secondary N) is 2. The summed E-state index contributed by atoms with van der Waals surface area (Å²) in [6.07, 6.45) is 2.29. The van der Waals surface area contributed by atoms with Crippen LogP contribution >= 0.6 is 0 Å². The van der Waals surface area contributed by atoms with E-state index in [0.717, 1.165) is 29.9 Å². The van der Waals surface area contributed by atoms with Crippen LogP contribution in [0.1, 0.15) is 38.4 Å². The van der Waals surface area contributed by atoms with Crippen molar-refractivity contribution in [1.82, 2.24) is 14.8 Å². The average molecular weight is 576 g/mol. The van der Waals surface area contributed by atoms with Gasteiger partial charge in [-0.05, 0) is 80.9 Å². The molecule has 0 bridgehead atoms. The molecule has 1 saturated heterocycles. The van der Waals surface area contributed by atoms with Crippen molar-refractivity contribution < 1.29 is 22.7 Å². The number of aromatic amines is 1. The molecule has 1 fully saturated rings. The van der Waals surface area contributed by atoms with Crippen LogP contribution in [0.4, 0.5) is 11.4 Å². The van der Waals surface area contributed by atoms with Crippen molar-refractivity contribution in [3.8, 4) is 5.75 Å². The Bertz CT molecular complexity index is 1720. The highest BCUT2D eigenvalue weighted by atomic mass is 32.2. The number of nitrogens with zero attached hydrogens (tertiary/aromatic N) is 3. The van der Waals surface area contributed by atoms with Crippen molar-refractivity contribution in [2.45, 2.75) is 25.2 Å². The van der Waals surface area contributed by atoms with E-state index in [1.54, 1.807) is 37.5 Å². The fourth-order valence-electron chi connectivity index (χ4n) is 5.87. The number of benzene rings is 2. The van der Waals surface area contributed by atoms with Crippen LogP contribution in [-0.2, 0) is 21.2 Å². The zero-order valence-electron chi connectivity index (χ0n) is 23.6. The summed E-state index contributed by atoms with van der Waals surface area (Å²) in [5.41, 5.74) is 5.68. The second kappa shape index (κ2) is 10.1. The maximum atomic E-state index is 13.8. The molecule has 41 heavy (non-hydrogen) atoms. The van der Waals surface area contributed by atoms with E-state index in [2.05, 4.69) is 15.2 Å². The largest absolute Gasteiger partial charge is 0.497 e. The highest BCUT2D eigenvalue weighted by Crippen LogP contribution is 2.39. The number of carbonyl (C=O) groups excluding carboxylic acids is 2. The molecule has 3 aliphatic heterocycles. The van der Waals surface area contributed by atoms with E-state index in [9.17, 15) is 18.0 Å². The van der Waals surface area contributed by atoms with Gasteiger partial charge in [0.2, 0.25) is 0 Å². The Morgan fingerprint density at radius 1 is 1.02 bits per heavy atom. The number of aromatic nitrogens is 1. The van der Waals surface area contributed by atoms with Gasteiger partial charge in [0.1, 0.15) is 5.75 Å². The standard InChI is InChI=1S/C30H33N5O5S/c1-18-26(31-19(2)28(18)30(37)34-13-11-33(3)12-14-34)17-24-23-16-22(6-7-25(23)32-29(24)36)41(38,39)35-10-9-20-15-21(40-4)5-8-27(20)35/h5-8,15-17,31H,9-14H2,1-4H3,(H,32,36)/b24-17-. The zero-order valence-corrected chi connectivity index (χ0v) is 24.4. The normalized spacial score (nSPS) is 18.0. The first-order valence-corrected chi connectivity index (χ1v) is 15.1. The molecule has 11 heteroatoms. The van der Waals surface area contributed by atoms with E-state index in [0.29, 0.717) is 65.6 Å². The van der Waals surface area contributed by atoms with Gasteiger partial charge in [0.25, 0.3) is 21.8 Å². The number of anilines is 2. The number of aryl methyl sites for hydroxylation is 1. The quantitative estimate of drug-likeness (QED) is 0.452. The van der Waals surface area contributed by atoms with Crippen LogP contribution in [0.3, 0.4) is 0 Å². The number of likely N-dealkylation sites (N-methyl/N-ethyl adjacent to an activating group) is 1. The SMILES string of the molecule is COc1ccc2c(c1)CCN2S(=O)(=O)c1ccc2c(c1)/C(=C/c1[nH]c(C)c(C(=O)N3CCN(C)CC3)c1C)C(=O)N2. The van der Waals surface area contributed by atoms with E-state index in [-0.39, 0.29) is 16.7 Å². The van der Waals surface area contributed by atoms with Crippen LogP contribution in [-0.4, -0.2) is 81.9 Å². The lowest BCUT2D eigenvalue weighted by atomic mass is 10.0. The molecule has 0 atom stereocenters. The van der Waals surface area contributed by atoms with Crippen molar-refractivity contribution in [3.05, 3.63) is 70.0 Å². The van der Waals surface area contributed by atoms with Crippen molar-refractivity contribution in [2.24, 2.45) is 0 Å². The number of amides is 2. The van der Waals surface area contributed by atoms with Crippen LogP contribution in [0.25, 0.3) is 11.6 Å². The minimum atomic E-state index is -3.88. The molecule has 1 aromatic heterocycles. The van der Waals surface area contributed by atoms with Gasteiger partial charge < -0.3 is 24.8 Å². The van der Waals surface area contributed by atoms with Gasteiger partial charge in [0.15, 0.2) is 0 Å². The lowest BCUT2D eigenvalue weighted by molar-refractivity contribution is -0.110. The molecule has 0 radical (unpaired) electrons. The zero-order chi connectivity index (χ0) is 29.1. The molecule has 2 amide bonds. The lowest BCUT2D eigenvalue weighted by Gasteiger charge is -2.32. The first-order chi connectivity index (χ1) is 19.6. The molecule has 3 aliphatic rings. The van der Waals surface area contributed by atoms with Crippen LogP contribution < -0.4 is 14.4 Å². The second-order valence-corrected chi connectivity index (χ2v) is 12.7. The maximum Gasteiger partial charge on any atom is 0.264 e. The third-order valence-corrected chi connectivity index (χ3v) is 10.1. The number of carbonyl (C=O) groups is 2. The molecule has 3 aromatic rings. The van der Waals surface area contributed by atoms with Gasteiger partial charge >= 0.3 is 0 Å². The fraction of sp³-hybridized carbons (Fsp3) is 0.333. The molecule has 6 rings (SSSR count). The number of ether oxygens (including phenoxy) is 1. The minimum absolute atomic E-state index is 0.0258. The summed E-state index contributed by atoms with van der Waals surface area (Å²) >= 11 is 0. The van der Waals surface area contributed by atoms with Crippen molar-refractivity contribution in [1.29, 1.82) is 0 Å². The Morgan fingerprint density at radius 3 is 2.51 bits per heavy atom. The Balaban J connectivity index is 1.33. The number of rotatable bonds is 5. The van der Waals surface area contributed by atoms with Crippen molar-refractivity contribution in [2.75, 3.05) is 56.5 Å². The highest BCUT2D eigenvalue weighted by molar-refractivity contribution is 7.92. The summed E-state index contributed by atoms with van der Waals surface area (Å²) in [5, 5.41) is 2.84. The van der Waals surface area contributed by atoms with E-state index < -0.39 is 10.0 Å². The summed E-state index contributed by atoms with van der Waals surface area (Å²) in [5.74, 6) is 0.331. The summed E-state index contributed by atoms with van der Waals surface area (Å²) in [4.78, 5) is 33.9. The summed E-state index contributed by atoms with van der Waals surface area (Å²) in [6, 6.07) is 10.1.